The Kier molecular flexibility index (Phi) is 5.24. The normalized spacial score (nSPS) is 14.5. The summed E-state index contributed by atoms with van der Waals surface area (Å²) in [6, 6.07) is 4.02. The number of nitrogens with two attached hydrogens (primary N) is 1. The molecule has 0 spiro atoms. The molecule has 1 aliphatic heterocycles. The third kappa shape index (κ3) is 3.87. The molecule has 0 radical (unpaired) electrons. The van der Waals surface area contributed by atoms with Gasteiger partial charge in [0.15, 0.2) is 5.69 Å². The fourth-order valence-electron chi connectivity index (χ4n) is 2.97. The number of rotatable bonds is 5. The van der Waals surface area contributed by atoms with Crippen LogP contribution in [0.3, 0.4) is 0 Å². The van der Waals surface area contributed by atoms with Crippen LogP contribution in [-0.4, -0.2) is 47.0 Å². The van der Waals surface area contributed by atoms with Crippen molar-refractivity contribution in [3.05, 3.63) is 35.9 Å². The van der Waals surface area contributed by atoms with Crippen molar-refractivity contribution < 1.29 is 4.79 Å². The van der Waals surface area contributed by atoms with Crippen molar-refractivity contribution >= 4 is 23.2 Å². The zero-order valence-corrected chi connectivity index (χ0v) is 14.4. The van der Waals surface area contributed by atoms with Crippen LogP contribution in [-0.2, 0) is 0 Å². The van der Waals surface area contributed by atoms with Crippen molar-refractivity contribution in [2.24, 2.45) is 5.73 Å². The number of anilines is 3. The van der Waals surface area contributed by atoms with Gasteiger partial charge in [-0.3, -0.25) is 4.79 Å². The average Bonchev–Trinajstić information content (AvgIpc) is 2.68. The zero-order valence-electron chi connectivity index (χ0n) is 14.4. The van der Waals surface area contributed by atoms with Gasteiger partial charge in [0.25, 0.3) is 5.91 Å². The molecule has 0 aromatic carbocycles. The number of aromatic nitrogens is 3. The maximum absolute atomic E-state index is 11.8. The lowest BCUT2D eigenvalue weighted by molar-refractivity contribution is 0.100. The van der Waals surface area contributed by atoms with Gasteiger partial charge >= 0.3 is 0 Å². The molecule has 1 amide bonds. The van der Waals surface area contributed by atoms with Crippen LogP contribution in [0.25, 0.3) is 0 Å². The molecule has 0 aliphatic carbocycles. The Morgan fingerprint density at radius 1 is 1.27 bits per heavy atom. The number of nitriles is 1. The van der Waals surface area contributed by atoms with Gasteiger partial charge in [-0.2, -0.15) is 5.26 Å². The van der Waals surface area contributed by atoms with Gasteiger partial charge in [0.05, 0.1) is 23.6 Å². The Morgan fingerprint density at radius 2 is 2.00 bits per heavy atom. The van der Waals surface area contributed by atoms with Crippen molar-refractivity contribution in [1.82, 2.24) is 20.3 Å². The molecule has 9 heteroatoms. The maximum atomic E-state index is 11.8. The molecular weight excluding hydrogens is 332 g/mol. The summed E-state index contributed by atoms with van der Waals surface area (Å²) in [5, 5.41) is 15.1. The van der Waals surface area contributed by atoms with Gasteiger partial charge in [-0.1, -0.05) is 0 Å². The fourth-order valence-corrected chi connectivity index (χ4v) is 2.97. The number of nitrogens with one attached hydrogen (secondary N) is 2. The predicted molar refractivity (Wildman–Crippen MR) is 97.1 cm³/mol. The first kappa shape index (κ1) is 17.6. The van der Waals surface area contributed by atoms with Crippen LogP contribution in [0.1, 0.15) is 28.9 Å². The smallest absolute Gasteiger partial charge is 0.252 e. The van der Waals surface area contributed by atoms with Crippen LogP contribution in [0.2, 0.25) is 0 Å². The van der Waals surface area contributed by atoms with Gasteiger partial charge in [-0.05, 0) is 25.9 Å². The van der Waals surface area contributed by atoms with E-state index in [1.165, 1.54) is 18.6 Å². The van der Waals surface area contributed by atoms with E-state index in [4.69, 9.17) is 11.0 Å². The number of piperidine rings is 1. The Hall–Kier alpha value is -3.25. The Labute approximate surface area is 151 Å². The minimum absolute atomic E-state index is 0.235. The highest BCUT2D eigenvalue weighted by atomic mass is 16.1. The molecule has 0 unspecified atom stereocenters. The predicted octanol–water partition coefficient (Wildman–Crippen LogP) is 0.774. The highest BCUT2D eigenvalue weighted by Gasteiger charge is 2.22. The highest BCUT2D eigenvalue weighted by Crippen LogP contribution is 2.27. The molecule has 0 atom stereocenters. The Morgan fingerprint density at radius 3 is 2.62 bits per heavy atom. The molecule has 0 bridgehead atoms. The lowest BCUT2D eigenvalue weighted by Gasteiger charge is -2.34. The van der Waals surface area contributed by atoms with E-state index in [1.54, 1.807) is 6.07 Å². The topological polar surface area (TPSA) is 133 Å². The van der Waals surface area contributed by atoms with Gasteiger partial charge in [-0.15, -0.1) is 0 Å². The standard InChI is InChI=1S/C17H20N8O/c1-25(12-2-4-20-5-3-12)14-6-15(23-9-13(14)17(19)26)24-16-10-21-11(7-18)8-22-16/h6,8-10,12,20H,2-5H2,1H3,(H2,19,26)(H,22,23,24). The second-order valence-electron chi connectivity index (χ2n) is 6.07. The van der Waals surface area contributed by atoms with Crippen LogP contribution < -0.4 is 21.3 Å². The van der Waals surface area contributed by atoms with E-state index in [9.17, 15) is 4.79 Å². The summed E-state index contributed by atoms with van der Waals surface area (Å²) < 4.78 is 0. The van der Waals surface area contributed by atoms with Crippen LogP contribution in [0.4, 0.5) is 17.3 Å². The number of primary amides is 1. The largest absolute Gasteiger partial charge is 0.371 e. The molecule has 9 nitrogen and oxygen atoms in total. The Balaban J connectivity index is 1.87. The van der Waals surface area contributed by atoms with Crippen molar-refractivity contribution in [2.75, 3.05) is 30.4 Å². The third-order valence-corrected chi connectivity index (χ3v) is 4.41. The Bertz CT molecular complexity index is 824. The van der Waals surface area contributed by atoms with Crippen molar-refractivity contribution in [3.63, 3.8) is 0 Å². The van der Waals surface area contributed by atoms with Crippen LogP contribution in [0.15, 0.2) is 24.7 Å². The van der Waals surface area contributed by atoms with E-state index < -0.39 is 5.91 Å². The van der Waals surface area contributed by atoms with Crippen molar-refractivity contribution in [3.8, 4) is 6.07 Å². The molecule has 3 rings (SSSR count). The van der Waals surface area contributed by atoms with Gasteiger partial charge in [0.2, 0.25) is 0 Å². The van der Waals surface area contributed by atoms with Gasteiger partial charge in [0.1, 0.15) is 17.7 Å². The molecule has 4 N–H and O–H groups in total. The van der Waals surface area contributed by atoms with Crippen molar-refractivity contribution in [2.45, 2.75) is 18.9 Å². The quantitative estimate of drug-likeness (QED) is 0.719. The van der Waals surface area contributed by atoms with Crippen LogP contribution in [0.5, 0.6) is 0 Å². The third-order valence-electron chi connectivity index (χ3n) is 4.41. The van der Waals surface area contributed by atoms with E-state index in [0.717, 1.165) is 31.6 Å². The lowest BCUT2D eigenvalue weighted by atomic mass is 10.0. The highest BCUT2D eigenvalue weighted by molar-refractivity contribution is 5.99. The van der Waals surface area contributed by atoms with Crippen LogP contribution >= 0.6 is 0 Å². The number of hydrogen-bond donors (Lipinski definition) is 3. The summed E-state index contributed by atoms with van der Waals surface area (Å²) in [6.45, 7) is 1.88. The first-order valence-corrected chi connectivity index (χ1v) is 8.31. The van der Waals surface area contributed by atoms with Gasteiger partial charge in [0, 0.05) is 25.4 Å². The maximum Gasteiger partial charge on any atom is 0.252 e. The SMILES string of the molecule is CN(c1cc(Nc2cnc(C#N)cn2)ncc1C(N)=O)C1CCNCC1. The molecule has 2 aromatic heterocycles. The second kappa shape index (κ2) is 7.76. The minimum Gasteiger partial charge on any atom is -0.371 e. The summed E-state index contributed by atoms with van der Waals surface area (Å²) >= 11 is 0. The van der Waals surface area contributed by atoms with E-state index in [1.807, 2.05) is 13.1 Å². The first-order chi connectivity index (χ1) is 12.6. The van der Waals surface area contributed by atoms with Crippen molar-refractivity contribution in [1.29, 1.82) is 5.26 Å². The first-order valence-electron chi connectivity index (χ1n) is 8.31. The summed E-state index contributed by atoms with van der Waals surface area (Å²) in [6.07, 6.45) is 6.27. The fraction of sp³-hybridized carbons (Fsp3) is 0.353. The monoisotopic (exact) mass is 352 g/mol. The number of amides is 1. The molecule has 26 heavy (non-hydrogen) atoms. The van der Waals surface area contributed by atoms with E-state index in [2.05, 4.69) is 30.5 Å². The number of carbonyl (C=O) groups is 1. The minimum atomic E-state index is -0.516. The molecular formula is C17H20N8O. The summed E-state index contributed by atoms with van der Waals surface area (Å²) in [5.74, 6) is 0.460. The molecule has 1 aliphatic rings. The lowest BCUT2D eigenvalue weighted by Crippen LogP contribution is -2.42. The van der Waals surface area contributed by atoms with E-state index in [-0.39, 0.29) is 5.69 Å². The summed E-state index contributed by atoms with van der Waals surface area (Å²) in [5.41, 5.74) is 6.86. The van der Waals surface area contributed by atoms with Gasteiger partial charge in [-0.25, -0.2) is 15.0 Å². The number of nitrogens with zero attached hydrogens (tertiary/aromatic N) is 5. The number of carbonyl (C=O) groups excluding carboxylic acids is 1. The summed E-state index contributed by atoms with van der Waals surface area (Å²) in [4.78, 5) is 26.2. The summed E-state index contributed by atoms with van der Waals surface area (Å²) in [7, 11) is 1.96. The molecule has 2 aromatic rings. The van der Waals surface area contributed by atoms with E-state index >= 15 is 0 Å². The van der Waals surface area contributed by atoms with E-state index in [0.29, 0.717) is 23.2 Å². The molecule has 3 heterocycles. The molecule has 1 saturated heterocycles. The molecule has 0 saturated carbocycles. The molecule has 134 valence electrons. The number of pyridine rings is 1. The number of hydrogen-bond acceptors (Lipinski definition) is 8. The van der Waals surface area contributed by atoms with Crippen LogP contribution in [0, 0.1) is 11.3 Å². The second-order valence-corrected chi connectivity index (χ2v) is 6.07. The zero-order chi connectivity index (χ0) is 18.5. The molecule has 1 fully saturated rings. The average molecular weight is 352 g/mol. The van der Waals surface area contributed by atoms with Gasteiger partial charge < -0.3 is 21.3 Å².